The number of ketones is 2. The molecule has 0 N–H and O–H groups in total. The van der Waals surface area contributed by atoms with Gasteiger partial charge in [0.25, 0.3) is 0 Å². The average Bonchev–Trinajstić information content (AvgIpc) is 2.77. The fourth-order valence-corrected chi connectivity index (χ4v) is 3.47. The van der Waals surface area contributed by atoms with Crippen LogP contribution in [0.2, 0.25) is 0 Å². The number of hydrogen-bond acceptors (Lipinski definition) is 3. The van der Waals surface area contributed by atoms with Crippen LogP contribution in [0.3, 0.4) is 0 Å². The Hall–Kier alpha value is 0.0600. The molecular formula is C10H8Br3NO2. The normalized spacial score (nSPS) is 22.6. The number of carbonyl (C=O) groups is 2. The summed E-state index contributed by atoms with van der Waals surface area (Å²) < 4.78 is 0.949. The van der Waals surface area contributed by atoms with E-state index < -0.39 is 0 Å². The molecule has 1 heterocycles. The van der Waals surface area contributed by atoms with Gasteiger partial charge in [0.15, 0.2) is 0 Å². The monoisotopic (exact) mass is 411 g/mol. The number of likely N-dealkylation sites (tertiary alicyclic amines) is 1. The van der Waals surface area contributed by atoms with E-state index in [2.05, 4.69) is 47.8 Å². The van der Waals surface area contributed by atoms with Gasteiger partial charge in [-0.1, -0.05) is 0 Å². The van der Waals surface area contributed by atoms with Gasteiger partial charge in [-0.25, -0.2) is 0 Å². The van der Waals surface area contributed by atoms with Crippen molar-refractivity contribution in [2.45, 2.75) is 12.8 Å². The van der Waals surface area contributed by atoms with Crippen LogP contribution < -0.4 is 0 Å². The molecule has 2 rings (SSSR count). The van der Waals surface area contributed by atoms with Gasteiger partial charge in [-0.2, -0.15) is 0 Å². The molecular weight excluding hydrogens is 406 g/mol. The Morgan fingerprint density at radius 3 is 1.88 bits per heavy atom. The first-order chi connectivity index (χ1) is 7.54. The summed E-state index contributed by atoms with van der Waals surface area (Å²) in [5.41, 5.74) is 0.484. The minimum Gasteiger partial charge on any atom is -0.367 e. The van der Waals surface area contributed by atoms with E-state index in [1.54, 1.807) is 0 Å². The summed E-state index contributed by atoms with van der Waals surface area (Å²) in [4.78, 5) is 25.9. The number of Topliss-reactive ketones (excluding diaryl/α,β-unsaturated/α-hetero) is 2. The quantitative estimate of drug-likeness (QED) is 0.620. The zero-order valence-corrected chi connectivity index (χ0v) is 13.0. The third kappa shape index (κ3) is 1.95. The second kappa shape index (κ2) is 4.74. The maximum absolute atomic E-state index is 12.1. The van der Waals surface area contributed by atoms with E-state index in [-0.39, 0.29) is 16.0 Å². The lowest BCUT2D eigenvalue weighted by atomic mass is 10.1. The first-order valence-electron chi connectivity index (χ1n) is 4.83. The largest absolute Gasteiger partial charge is 0.367 e. The molecule has 0 aromatic heterocycles. The summed E-state index contributed by atoms with van der Waals surface area (Å²) in [5.74, 6) is -0.325. The van der Waals surface area contributed by atoms with Gasteiger partial charge in [-0.05, 0) is 60.6 Å². The zero-order chi connectivity index (χ0) is 11.9. The summed E-state index contributed by atoms with van der Waals surface area (Å²) in [5, 5.41) is 0. The Kier molecular flexibility index (Phi) is 3.71. The van der Waals surface area contributed by atoms with Crippen molar-refractivity contribution in [1.82, 2.24) is 4.90 Å². The minimum absolute atomic E-state index is 0.139. The van der Waals surface area contributed by atoms with E-state index in [0.29, 0.717) is 14.7 Å². The van der Waals surface area contributed by atoms with Crippen LogP contribution in [0, 0.1) is 0 Å². The second-order valence-corrected chi connectivity index (χ2v) is 6.02. The average molecular weight is 414 g/mol. The summed E-state index contributed by atoms with van der Waals surface area (Å²) in [6, 6.07) is 0. The summed E-state index contributed by atoms with van der Waals surface area (Å²) in [7, 11) is 0. The molecule has 0 unspecified atom stereocenters. The van der Waals surface area contributed by atoms with Gasteiger partial charge in [0, 0.05) is 13.1 Å². The Bertz CT molecular complexity index is 433. The number of nitrogens with zero attached hydrogens (tertiary/aromatic N) is 1. The SMILES string of the molecule is O=C1C(Br)=C(Br)C(=O)C(N2CCCC2)=C1Br. The van der Waals surface area contributed by atoms with E-state index in [1.165, 1.54) is 0 Å². The molecule has 86 valence electrons. The third-order valence-electron chi connectivity index (χ3n) is 2.64. The number of halogens is 3. The molecule has 0 amide bonds. The van der Waals surface area contributed by atoms with Crippen LogP contribution in [0.1, 0.15) is 12.8 Å². The molecule has 6 heteroatoms. The highest BCUT2D eigenvalue weighted by molar-refractivity contribution is 9.15. The molecule has 0 saturated carbocycles. The zero-order valence-electron chi connectivity index (χ0n) is 8.23. The van der Waals surface area contributed by atoms with Gasteiger partial charge in [0.1, 0.15) is 5.70 Å². The molecule has 1 aliphatic heterocycles. The summed E-state index contributed by atoms with van der Waals surface area (Å²) in [6.07, 6.45) is 2.13. The van der Waals surface area contributed by atoms with Crippen molar-refractivity contribution in [3.05, 3.63) is 19.1 Å². The summed E-state index contributed by atoms with van der Waals surface area (Å²) in [6.45, 7) is 1.67. The summed E-state index contributed by atoms with van der Waals surface area (Å²) >= 11 is 9.49. The van der Waals surface area contributed by atoms with Crippen LogP contribution in [0.25, 0.3) is 0 Å². The van der Waals surface area contributed by atoms with Gasteiger partial charge in [0.05, 0.1) is 13.4 Å². The predicted molar refractivity (Wildman–Crippen MR) is 71.7 cm³/mol. The van der Waals surface area contributed by atoms with E-state index in [0.717, 1.165) is 25.9 Å². The van der Waals surface area contributed by atoms with E-state index in [4.69, 9.17) is 0 Å². The van der Waals surface area contributed by atoms with Gasteiger partial charge in [-0.3, -0.25) is 9.59 Å². The minimum atomic E-state index is -0.187. The standard InChI is InChI=1S/C10H8Br3NO2/c11-5-6(12)10(16)8(7(13)9(5)15)14-3-1-2-4-14/h1-4H2. The van der Waals surface area contributed by atoms with Crippen LogP contribution in [-0.2, 0) is 9.59 Å². The van der Waals surface area contributed by atoms with E-state index >= 15 is 0 Å². The van der Waals surface area contributed by atoms with Gasteiger partial charge < -0.3 is 4.90 Å². The first kappa shape index (κ1) is 12.5. The van der Waals surface area contributed by atoms with Crippen molar-refractivity contribution in [3.8, 4) is 0 Å². The Labute approximate surface area is 118 Å². The lowest BCUT2D eigenvalue weighted by Gasteiger charge is -2.24. The first-order valence-corrected chi connectivity index (χ1v) is 7.21. The highest BCUT2D eigenvalue weighted by atomic mass is 79.9. The molecule has 3 nitrogen and oxygen atoms in total. The lowest BCUT2D eigenvalue weighted by Crippen LogP contribution is -2.30. The van der Waals surface area contributed by atoms with Crippen molar-refractivity contribution < 1.29 is 9.59 Å². The molecule has 0 aromatic carbocycles. The Balaban J connectivity index is 2.44. The Morgan fingerprint density at radius 2 is 1.31 bits per heavy atom. The van der Waals surface area contributed by atoms with Crippen molar-refractivity contribution in [3.63, 3.8) is 0 Å². The predicted octanol–water partition coefficient (Wildman–Crippen LogP) is 2.84. The molecule has 0 radical (unpaired) electrons. The number of hydrogen-bond donors (Lipinski definition) is 0. The molecule has 16 heavy (non-hydrogen) atoms. The molecule has 0 aromatic rings. The third-order valence-corrected chi connectivity index (χ3v) is 5.42. The second-order valence-electron chi connectivity index (χ2n) is 3.64. The fraction of sp³-hybridized carbons (Fsp3) is 0.400. The van der Waals surface area contributed by atoms with Crippen LogP contribution in [-0.4, -0.2) is 29.6 Å². The van der Waals surface area contributed by atoms with E-state index in [9.17, 15) is 9.59 Å². The molecule has 1 aliphatic carbocycles. The van der Waals surface area contributed by atoms with Crippen LogP contribution in [0.4, 0.5) is 0 Å². The topological polar surface area (TPSA) is 37.4 Å². The highest BCUT2D eigenvalue weighted by Crippen LogP contribution is 2.36. The van der Waals surface area contributed by atoms with Gasteiger partial charge >= 0.3 is 0 Å². The molecule has 2 aliphatic rings. The number of carbonyl (C=O) groups excluding carboxylic acids is 2. The molecule has 1 saturated heterocycles. The van der Waals surface area contributed by atoms with Crippen molar-refractivity contribution >= 4 is 59.4 Å². The number of rotatable bonds is 1. The van der Waals surface area contributed by atoms with Crippen molar-refractivity contribution in [2.24, 2.45) is 0 Å². The lowest BCUT2D eigenvalue weighted by molar-refractivity contribution is -0.116. The van der Waals surface area contributed by atoms with Crippen LogP contribution >= 0.6 is 47.8 Å². The number of allylic oxidation sites excluding steroid dienone is 3. The van der Waals surface area contributed by atoms with Gasteiger partial charge in [-0.15, -0.1) is 0 Å². The van der Waals surface area contributed by atoms with Crippen LogP contribution in [0.5, 0.6) is 0 Å². The molecule has 0 spiro atoms. The smallest absolute Gasteiger partial charge is 0.218 e. The maximum atomic E-state index is 12.1. The molecule has 0 atom stereocenters. The maximum Gasteiger partial charge on any atom is 0.218 e. The van der Waals surface area contributed by atoms with E-state index in [1.807, 2.05) is 4.90 Å². The Morgan fingerprint density at radius 1 is 0.812 bits per heavy atom. The highest BCUT2D eigenvalue weighted by Gasteiger charge is 2.35. The van der Waals surface area contributed by atoms with Crippen molar-refractivity contribution in [1.29, 1.82) is 0 Å². The van der Waals surface area contributed by atoms with Crippen molar-refractivity contribution in [2.75, 3.05) is 13.1 Å². The van der Waals surface area contributed by atoms with Gasteiger partial charge in [0.2, 0.25) is 11.6 Å². The van der Waals surface area contributed by atoms with Crippen LogP contribution in [0.15, 0.2) is 19.1 Å². The molecule has 0 bridgehead atoms. The molecule has 1 fully saturated rings. The fourth-order valence-electron chi connectivity index (χ4n) is 1.83.